The van der Waals surface area contributed by atoms with E-state index in [1.165, 1.54) is 0 Å². The highest BCUT2D eigenvalue weighted by atomic mass is 16.2. The van der Waals surface area contributed by atoms with E-state index in [4.69, 9.17) is 6.42 Å². The predicted octanol–water partition coefficient (Wildman–Crippen LogP) is 3.80. The number of imidazole rings is 1. The number of carbonyl (C=O) groups is 1. The second kappa shape index (κ2) is 10.1. The third-order valence-corrected chi connectivity index (χ3v) is 5.96. The number of aromatic amines is 1. The van der Waals surface area contributed by atoms with Crippen molar-refractivity contribution in [1.29, 1.82) is 0 Å². The van der Waals surface area contributed by atoms with Crippen LogP contribution in [0.1, 0.15) is 28.0 Å². The van der Waals surface area contributed by atoms with Crippen LogP contribution in [-0.4, -0.2) is 35.7 Å². The molecule has 5 aromatic rings. The first-order valence-electron chi connectivity index (χ1n) is 11.4. The number of aromatic nitrogens is 6. The van der Waals surface area contributed by atoms with Crippen LogP contribution in [0.15, 0.2) is 89.9 Å². The summed E-state index contributed by atoms with van der Waals surface area (Å²) in [5.41, 5.74) is 4.56. The van der Waals surface area contributed by atoms with Crippen molar-refractivity contribution < 1.29 is 4.79 Å². The van der Waals surface area contributed by atoms with Gasteiger partial charge in [-0.15, -0.1) is 17.4 Å². The number of nitrogens with zero attached hydrogens (tertiary/aromatic N) is 5. The molecule has 5 rings (SSSR count). The Morgan fingerprint density at radius 1 is 0.944 bits per heavy atom. The third-order valence-electron chi connectivity index (χ3n) is 5.96. The topological polar surface area (TPSA) is 98.5 Å². The predicted molar refractivity (Wildman–Crippen MR) is 136 cm³/mol. The van der Waals surface area contributed by atoms with Gasteiger partial charge in [-0.2, -0.15) is 0 Å². The van der Waals surface area contributed by atoms with Crippen molar-refractivity contribution in [1.82, 2.24) is 29.8 Å². The standard InChI is InChI=1S/C28H22N6O2/c1-2-3-11-23-19-34(27(35)22-9-5-4-6-10-22)28(36)33(23)18-20-14-16-21(17-15-20)24-12-7-8-13-25(24)26-29-31-32-30-26/h1,4-10,12-17,19H,3,11,18H2,(H,29,30,31,32). The van der Waals surface area contributed by atoms with Gasteiger partial charge in [0.15, 0.2) is 5.82 Å². The molecule has 176 valence electrons. The van der Waals surface area contributed by atoms with E-state index in [0.29, 0.717) is 30.8 Å². The van der Waals surface area contributed by atoms with E-state index >= 15 is 0 Å². The number of nitrogens with one attached hydrogen (secondary N) is 1. The van der Waals surface area contributed by atoms with E-state index in [1.54, 1.807) is 35.0 Å². The lowest BCUT2D eigenvalue weighted by Crippen LogP contribution is -2.30. The molecule has 1 N–H and O–H groups in total. The lowest BCUT2D eigenvalue weighted by atomic mass is 9.98. The second-order valence-electron chi connectivity index (χ2n) is 8.23. The van der Waals surface area contributed by atoms with Gasteiger partial charge in [0.1, 0.15) is 0 Å². The molecule has 8 heteroatoms. The summed E-state index contributed by atoms with van der Waals surface area (Å²) < 4.78 is 2.78. The molecule has 0 fully saturated rings. The van der Waals surface area contributed by atoms with Crippen molar-refractivity contribution in [3.8, 4) is 34.9 Å². The van der Waals surface area contributed by atoms with Crippen LogP contribution in [0.3, 0.4) is 0 Å². The largest absolute Gasteiger partial charge is 0.335 e. The number of hydrogen-bond donors (Lipinski definition) is 1. The van der Waals surface area contributed by atoms with E-state index < -0.39 is 0 Å². The van der Waals surface area contributed by atoms with Gasteiger partial charge in [0.05, 0.1) is 6.54 Å². The molecule has 0 aliphatic rings. The first-order chi connectivity index (χ1) is 17.7. The quantitative estimate of drug-likeness (QED) is 0.362. The first kappa shape index (κ1) is 22.7. The molecule has 3 aromatic carbocycles. The van der Waals surface area contributed by atoms with Crippen LogP contribution >= 0.6 is 0 Å². The number of terminal acetylenes is 1. The number of hydrogen-bond acceptors (Lipinski definition) is 5. The molecular weight excluding hydrogens is 452 g/mol. The Bertz CT molecular complexity index is 1590. The number of tetrazole rings is 1. The maximum atomic E-state index is 13.3. The maximum absolute atomic E-state index is 13.3. The summed E-state index contributed by atoms with van der Waals surface area (Å²) in [6.07, 6.45) is 8.04. The summed E-state index contributed by atoms with van der Waals surface area (Å²) in [5, 5.41) is 14.2. The van der Waals surface area contributed by atoms with E-state index in [1.807, 2.05) is 54.6 Å². The summed E-state index contributed by atoms with van der Waals surface area (Å²) in [6, 6.07) is 24.5. The van der Waals surface area contributed by atoms with Gasteiger partial charge in [-0.05, 0) is 39.2 Å². The number of aryl methyl sites for hydroxylation is 1. The highest BCUT2D eigenvalue weighted by Crippen LogP contribution is 2.29. The zero-order chi connectivity index (χ0) is 24.9. The highest BCUT2D eigenvalue weighted by molar-refractivity contribution is 5.95. The van der Waals surface area contributed by atoms with Crippen LogP contribution in [-0.2, 0) is 13.0 Å². The molecule has 0 aliphatic heterocycles. The zero-order valence-electron chi connectivity index (χ0n) is 19.3. The maximum Gasteiger partial charge on any atom is 0.335 e. The average molecular weight is 475 g/mol. The second-order valence-corrected chi connectivity index (χ2v) is 8.23. The van der Waals surface area contributed by atoms with Crippen molar-refractivity contribution in [2.24, 2.45) is 0 Å². The minimum Gasteiger partial charge on any atom is -0.292 e. The van der Waals surface area contributed by atoms with Gasteiger partial charge in [0, 0.05) is 35.9 Å². The normalized spacial score (nSPS) is 10.8. The summed E-state index contributed by atoms with van der Waals surface area (Å²) in [7, 11) is 0. The summed E-state index contributed by atoms with van der Waals surface area (Å²) in [6.45, 7) is 0.321. The molecule has 0 bridgehead atoms. The van der Waals surface area contributed by atoms with Crippen LogP contribution in [0.4, 0.5) is 0 Å². The van der Waals surface area contributed by atoms with Crippen LogP contribution in [0, 0.1) is 12.3 Å². The van der Waals surface area contributed by atoms with Gasteiger partial charge in [-0.25, -0.2) is 14.5 Å². The Labute approximate surface area is 207 Å². The fraction of sp³-hybridized carbons (Fsp3) is 0.107. The summed E-state index contributed by atoms with van der Waals surface area (Å²) >= 11 is 0. The minimum atomic E-state index is -0.386. The van der Waals surface area contributed by atoms with Gasteiger partial charge >= 0.3 is 5.69 Å². The molecule has 2 heterocycles. The Morgan fingerprint density at radius 3 is 2.36 bits per heavy atom. The Balaban J connectivity index is 1.46. The van der Waals surface area contributed by atoms with Gasteiger partial charge in [-0.1, -0.05) is 66.7 Å². The lowest BCUT2D eigenvalue weighted by Gasteiger charge is -2.10. The van der Waals surface area contributed by atoms with Crippen LogP contribution in [0.2, 0.25) is 0 Å². The highest BCUT2D eigenvalue weighted by Gasteiger charge is 2.18. The zero-order valence-corrected chi connectivity index (χ0v) is 19.3. The monoisotopic (exact) mass is 474 g/mol. The van der Waals surface area contributed by atoms with Crippen molar-refractivity contribution in [3.05, 3.63) is 112 Å². The van der Waals surface area contributed by atoms with Gasteiger partial charge in [0.25, 0.3) is 5.91 Å². The molecule has 2 aromatic heterocycles. The fourth-order valence-electron chi connectivity index (χ4n) is 4.15. The van der Waals surface area contributed by atoms with E-state index in [2.05, 4.69) is 26.5 Å². The molecule has 0 aliphatic carbocycles. The molecule has 0 saturated heterocycles. The van der Waals surface area contributed by atoms with Crippen molar-refractivity contribution in [2.75, 3.05) is 0 Å². The van der Waals surface area contributed by atoms with Gasteiger partial charge < -0.3 is 0 Å². The SMILES string of the molecule is C#CCCc1cn(C(=O)c2ccccc2)c(=O)n1Cc1ccc(-c2ccccc2-c2nnn[nH]2)cc1. The van der Waals surface area contributed by atoms with E-state index in [0.717, 1.165) is 32.5 Å². The van der Waals surface area contributed by atoms with Gasteiger partial charge in [-0.3, -0.25) is 9.36 Å². The Kier molecular flexibility index (Phi) is 6.36. The molecule has 0 amide bonds. The number of H-pyrrole nitrogens is 1. The van der Waals surface area contributed by atoms with Crippen molar-refractivity contribution >= 4 is 5.91 Å². The number of benzene rings is 3. The average Bonchev–Trinajstić information content (AvgIpc) is 3.57. The Morgan fingerprint density at radius 2 is 1.67 bits per heavy atom. The Hall–Kier alpha value is -5.03. The van der Waals surface area contributed by atoms with Crippen LogP contribution in [0.5, 0.6) is 0 Å². The fourth-order valence-corrected chi connectivity index (χ4v) is 4.15. The molecule has 0 atom stereocenters. The third kappa shape index (κ3) is 4.50. The van der Waals surface area contributed by atoms with Crippen molar-refractivity contribution in [2.45, 2.75) is 19.4 Å². The summed E-state index contributed by atoms with van der Waals surface area (Å²) in [4.78, 5) is 26.3. The number of rotatable bonds is 7. The molecule has 0 unspecified atom stereocenters. The minimum absolute atomic E-state index is 0.321. The smallest absolute Gasteiger partial charge is 0.292 e. The first-order valence-corrected chi connectivity index (χ1v) is 11.4. The summed E-state index contributed by atoms with van der Waals surface area (Å²) in [5.74, 6) is 2.83. The molecule has 36 heavy (non-hydrogen) atoms. The molecule has 0 saturated carbocycles. The lowest BCUT2D eigenvalue weighted by molar-refractivity contribution is 0.0955. The van der Waals surface area contributed by atoms with Crippen LogP contribution < -0.4 is 5.69 Å². The van der Waals surface area contributed by atoms with Gasteiger partial charge in [0.2, 0.25) is 0 Å². The molecule has 0 spiro atoms. The molecule has 0 radical (unpaired) electrons. The molecular formula is C28H22N6O2. The number of carbonyl (C=O) groups excluding carboxylic acids is 1. The van der Waals surface area contributed by atoms with Crippen LogP contribution in [0.25, 0.3) is 22.5 Å². The molecule has 8 nitrogen and oxygen atoms in total. The van der Waals surface area contributed by atoms with E-state index in [-0.39, 0.29) is 11.6 Å². The van der Waals surface area contributed by atoms with E-state index in [9.17, 15) is 9.59 Å². The van der Waals surface area contributed by atoms with Crippen molar-refractivity contribution in [3.63, 3.8) is 0 Å².